The largest absolute Gasteiger partial charge is 0.508 e. The lowest BCUT2D eigenvalue weighted by Gasteiger charge is -2.06. The zero-order valence-electron chi connectivity index (χ0n) is 7.82. The highest BCUT2D eigenvalue weighted by molar-refractivity contribution is 5.46. The Bertz CT molecular complexity index is 308. The number of nitrogens with zero attached hydrogens (tertiary/aromatic N) is 1. The summed E-state index contributed by atoms with van der Waals surface area (Å²) in [6, 6.07) is 4.64. The van der Waals surface area contributed by atoms with Crippen molar-refractivity contribution in [3.63, 3.8) is 0 Å². The van der Waals surface area contributed by atoms with Crippen LogP contribution in [0.2, 0.25) is 0 Å². The van der Waals surface area contributed by atoms with E-state index < -0.39 is 0 Å². The molecule has 0 saturated heterocycles. The SMILES string of the molecule is CC(C)Cc1cc(N=O)ccc1O. The van der Waals surface area contributed by atoms with E-state index in [4.69, 9.17) is 0 Å². The van der Waals surface area contributed by atoms with Crippen molar-refractivity contribution in [3.8, 4) is 5.75 Å². The molecule has 0 spiro atoms. The summed E-state index contributed by atoms with van der Waals surface area (Å²) in [5.74, 6) is 0.689. The molecule has 0 atom stereocenters. The van der Waals surface area contributed by atoms with Crippen molar-refractivity contribution in [2.45, 2.75) is 20.3 Å². The summed E-state index contributed by atoms with van der Waals surface area (Å²) < 4.78 is 0. The highest BCUT2D eigenvalue weighted by Crippen LogP contribution is 2.25. The summed E-state index contributed by atoms with van der Waals surface area (Å²) >= 11 is 0. The van der Waals surface area contributed by atoms with E-state index >= 15 is 0 Å². The Morgan fingerprint density at radius 3 is 2.69 bits per heavy atom. The van der Waals surface area contributed by atoms with E-state index in [1.165, 1.54) is 12.1 Å². The van der Waals surface area contributed by atoms with Crippen LogP contribution < -0.4 is 0 Å². The normalized spacial score (nSPS) is 10.4. The van der Waals surface area contributed by atoms with Gasteiger partial charge in [0.25, 0.3) is 0 Å². The summed E-state index contributed by atoms with van der Waals surface area (Å²) in [5, 5.41) is 12.3. The first-order valence-corrected chi connectivity index (χ1v) is 4.28. The Labute approximate surface area is 77.4 Å². The van der Waals surface area contributed by atoms with Gasteiger partial charge in [-0.25, -0.2) is 0 Å². The van der Waals surface area contributed by atoms with Crippen LogP contribution in [0.3, 0.4) is 0 Å². The lowest BCUT2D eigenvalue weighted by molar-refractivity contribution is 0.462. The van der Waals surface area contributed by atoms with Crippen molar-refractivity contribution < 1.29 is 5.11 Å². The molecule has 0 bridgehead atoms. The zero-order valence-corrected chi connectivity index (χ0v) is 7.82. The average molecular weight is 179 g/mol. The van der Waals surface area contributed by atoms with Crippen LogP contribution in [0.1, 0.15) is 19.4 Å². The van der Waals surface area contributed by atoms with E-state index in [1.54, 1.807) is 6.07 Å². The molecule has 0 unspecified atom stereocenters. The fourth-order valence-corrected chi connectivity index (χ4v) is 1.23. The Hall–Kier alpha value is -1.38. The van der Waals surface area contributed by atoms with E-state index in [9.17, 15) is 10.0 Å². The molecular weight excluding hydrogens is 166 g/mol. The summed E-state index contributed by atoms with van der Waals surface area (Å²) in [6.45, 7) is 4.11. The number of nitroso groups, excluding NO2 is 1. The van der Waals surface area contributed by atoms with Crippen LogP contribution in [-0.4, -0.2) is 5.11 Å². The first-order chi connectivity index (χ1) is 6.13. The fourth-order valence-electron chi connectivity index (χ4n) is 1.23. The van der Waals surface area contributed by atoms with Crippen LogP contribution in [0.15, 0.2) is 23.4 Å². The molecule has 3 nitrogen and oxygen atoms in total. The number of rotatable bonds is 3. The molecule has 0 fully saturated rings. The molecule has 0 saturated carbocycles. The minimum Gasteiger partial charge on any atom is -0.508 e. The minimum atomic E-state index is 0.237. The van der Waals surface area contributed by atoms with Gasteiger partial charge in [0.15, 0.2) is 0 Å². The fraction of sp³-hybridized carbons (Fsp3) is 0.400. The van der Waals surface area contributed by atoms with E-state index in [0.29, 0.717) is 11.6 Å². The highest BCUT2D eigenvalue weighted by atomic mass is 16.3. The Morgan fingerprint density at radius 2 is 2.15 bits per heavy atom. The number of hydrogen-bond donors (Lipinski definition) is 1. The molecule has 3 heteroatoms. The van der Waals surface area contributed by atoms with Gasteiger partial charge in [0.2, 0.25) is 0 Å². The molecule has 0 amide bonds. The van der Waals surface area contributed by atoms with Crippen molar-refractivity contribution in [1.29, 1.82) is 0 Å². The van der Waals surface area contributed by atoms with Gasteiger partial charge >= 0.3 is 0 Å². The van der Waals surface area contributed by atoms with E-state index in [2.05, 4.69) is 19.0 Å². The summed E-state index contributed by atoms with van der Waals surface area (Å²) in [6.07, 6.45) is 0.759. The van der Waals surface area contributed by atoms with Gasteiger partial charge in [-0.2, -0.15) is 0 Å². The third-order valence-electron chi connectivity index (χ3n) is 1.80. The van der Waals surface area contributed by atoms with E-state index in [-0.39, 0.29) is 5.75 Å². The Morgan fingerprint density at radius 1 is 1.46 bits per heavy atom. The van der Waals surface area contributed by atoms with Gasteiger partial charge in [-0.15, -0.1) is 4.91 Å². The summed E-state index contributed by atoms with van der Waals surface area (Å²) in [7, 11) is 0. The maximum atomic E-state index is 10.2. The van der Waals surface area contributed by atoms with E-state index in [1.807, 2.05) is 0 Å². The van der Waals surface area contributed by atoms with Gasteiger partial charge in [0.05, 0.1) is 0 Å². The monoisotopic (exact) mass is 179 g/mol. The zero-order chi connectivity index (χ0) is 9.84. The average Bonchev–Trinajstić information content (AvgIpc) is 2.08. The summed E-state index contributed by atoms with van der Waals surface area (Å²) in [4.78, 5) is 10.2. The smallest absolute Gasteiger partial charge is 0.118 e. The lowest BCUT2D eigenvalue weighted by Crippen LogP contribution is -1.93. The van der Waals surface area contributed by atoms with Crippen LogP contribution in [0.4, 0.5) is 5.69 Å². The standard InChI is InChI=1S/C10H13NO2/c1-7(2)5-8-6-9(11-13)3-4-10(8)12/h3-4,6-7,12H,5H2,1-2H3. The lowest BCUT2D eigenvalue weighted by atomic mass is 10.0. The molecule has 1 rings (SSSR count). The van der Waals surface area contributed by atoms with Crippen LogP contribution in [0, 0.1) is 10.8 Å². The maximum Gasteiger partial charge on any atom is 0.118 e. The highest BCUT2D eigenvalue weighted by Gasteiger charge is 2.05. The number of aromatic hydroxyl groups is 1. The van der Waals surface area contributed by atoms with Crippen LogP contribution >= 0.6 is 0 Å². The second-order valence-corrected chi connectivity index (χ2v) is 3.50. The minimum absolute atomic E-state index is 0.237. The quantitative estimate of drug-likeness (QED) is 0.725. The van der Waals surface area contributed by atoms with Gasteiger partial charge in [0, 0.05) is 0 Å². The first-order valence-electron chi connectivity index (χ1n) is 4.28. The molecule has 70 valence electrons. The molecule has 0 radical (unpaired) electrons. The topological polar surface area (TPSA) is 49.7 Å². The van der Waals surface area contributed by atoms with Gasteiger partial charge in [-0.3, -0.25) is 0 Å². The second kappa shape index (κ2) is 4.03. The number of phenols is 1. The van der Waals surface area contributed by atoms with Gasteiger partial charge in [-0.05, 0) is 41.3 Å². The molecule has 1 aromatic rings. The van der Waals surface area contributed by atoms with Crippen LogP contribution in [0.5, 0.6) is 5.75 Å². The Kier molecular flexibility index (Phi) is 3.01. The van der Waals surface area contributed by atoms with Crippen LogP contribution in [0.25, 0.3) is 0 Å². The second-order valence-electron chi connectivity index (χ2n) is 3.50. The maximum absolute atomic E-state index is 10.2. The van der Waals surface area contributed by atoms with Crippen molar-refractivity contribution in [2.75, 3.05) is 0 Å². The molecule has 0 aliphatic rings. The third kappa shape index (κ3) is 2.54. The van der Waals surface area contributed by atoms with E-state index in [0.717, 1.165) is 12.0 Å². The number of hydrogen-bond acceptors (Lipinski definition) is 3. The molecule has 0 aromatic heterocycles. The van der Waals surface area contributed by atoms with Gasteiger partial charge in [0.1, 0.15) is 11.4 Å². The predicted octanol–water partition coefficient (Wildman–Crippen LogP) is 2.99. The van der Waals surface area contributed by atoms with Gasteiger partial charge in [-0.1, -0.05) is 13.8 Å². The Balaban J connectivity index is 2.96. The molecule has 1 aromatic carbocycles. The number of benzene rings is 1. The van der Waals surface area contributed by atoms with Crippen molar-refractivity contribution in [3.05, 3.63) is 28.7 Å². The molecule has 0 aliphatic carbocycles. The molecule has 13 heavy (non-hydrogen) atoms. The third-order valence-corrected chi connectivity index (χ3v) is 1.80. The summed E-state index contributed by atoms with van der Waals surface area (Å²) in [5.41, 5.74) is 1.15. The molecule has 0 aliphatic heterocycles. The predicted molar refractivity (Wildman–Crippen MR) is 52.1 cm³/mol. The van der Waals surface area contributed by atoms with Crippen LogP contribution in [-0.2, 0) is 6.42 Å². The first kappa shape index (κ1) is 9.71. The van der Waals surface area contributed by atoms with Crippen molar-refractivity contribution >= 4 is 5.69 Å². The van der Waals surface area contributed by atoms with Crippen molar-refractivity contribution in [2.24, 2.45) is 11.1 Å². The van der Waals surface area contributed by atoms with Gasteiger partial charge < -0.3 is 5.11 Å². The number of phenolic OH excluding ortho intramolecular Hbond substituents is 1. The molecular formula is C10H13NO2. The molecule has 1 N–H and O–H groups in total. The van der Waals surface area contributed by atoms with Crippen molar-refractivity contribution in [1.82, 2.24) is 0 Å². The molecule has 0 heterocycles.